The Hall–Kier alpha value is -1.02. The third-order valence-corrected chi connectivity index (χ3v) is 4.36. The smallest absolute Gasteiger partial charge is 0.119 e. The Balaban J connectivity index is 2.22. The SMILES string of the molecule is CCNC(c1ccc(OC)cc1C)C1CCCCC1. The topological polar surface area (TPSA) is 21.3 Å². The summed E-state index contributed by atoms with van der Waals surface area (Å²) in [7, 11) is 1.73. The van der Waals surface area contributed by atoms with Crippen LogP contribution < -0.4 is 10.1 Å². The predicted octanol–water partition coefficient (Wildman–Crippen LogP) is 4.23. The highest BCUT2D eigenvalue weighted by molar-refractivity contribution is 5.37. The normalized spacial score (nSPS) is 18.3. The zero-order valence-corrected chi connectivity index (χ0v) is 12.5. The quantitative estimate of drug-likeness (QED) is 0.856. The van der Waals surface area contributed by atoms with Crippen LogP contribution in [0.15, 0.2) is 18.2 Å². The molecule has 1 atom stereocenters. The van der Waals surface area contributed by atoms with E-state index in [1.807, 2.05) is 0 Å². The molecule has 1 aliphatic rings. The van der Waals surface area contributed by atoms with Gasteiger partial charge in [-0.25, -0.2) is 0 Å². The van der Waals surface area contributed by atoms with Crippen LogP contribution in [-0.2, 0) is 0 Å². The van der Waals surface area contributed by atoms with Crippen molar-refractivity contribution >= 4 is 0 Å². The van der Waals surface area contributed by atoms with E-state index < -0.39 is 0 Å². The molecule has 0 aliphatic heterocycles. The summed E-state index contributed by atoms with van der Waals surface area (Å²) in [5, 5.41) is 3.71. The summed E-state index contributed by atoms with van der Waals surface area (Å²) in [6.07, 6.45) is 6.92. The van der Waals surface area contributed by atoms with Crippen LogP contribution >= 0.6 is 0 Å². The van der Waals surface area contributed by atoms with Gasteiger partial charge >= 0.3 is 0 Å². The first kappa shape index (κ1) is 14.4. The monoisotopic (exact) mass is 261 g/mol. The summed E-state index contributed by atoms with van der Waals surface area (Å²) < 4.78 is 5.31. The Morgan fingerprint density at radius 3 is 2.58 bits per heavy atom. The van der Waals surface area contributed by atoms with Crippen LogP contribution in [0, 0.1) is 12.8 Å². The summed E-state index contributed by atoms with van der Waals surface area (Å²) in [4.78, 5) is 0. The fourth-order valence-corrected chi connectivity index (χ4v) is 3.34. The molecular weight excluding hydrogens is 234 g/mol. The van der Waals surface area contributed by atoms with E-state index in [9.17, 15) is 0 Å². The Kier molecular flexibility index (Phi) is 5.26. The zero-order valence-electron chi connectivity index (χ0n) is 12.5. The van der Waals surface area contributed by atoms with Crippen LogP contribution in [0.5, 0.6) is 5.75 Å². The molecule has 1 aromatic rings. The molecule has 1 N–H and O–H groups in total. The summed E-state index contributed by atoms with van der Waals surface area (Å²) >= 11 is 0. The Labute approximate surface area is 117 Å². The summed E-state index contributed by atoms with van der Waals surface area (Å²) in [6.45, 7) is 5.44. The van der Waals surface area contributed by atoms with E-state index in [1.54, 1.807) is 7.11 Å². The first-order chi connectivity index (χ1) is 9.26. The third kappa shape index (κ3) is 3.50. The number of hydrogen-bond donors (Lipinski definition) is 1. The lowest BCUT2D eigenvalue weighted by atomic mass is 9.80. The highest BCUT2D eigenvalue weighted by Gasteiger charge is 2.25. The van der Waals surface area contributed by atoms with Gasteiger partial charge in [0, 0.05) is 6.04 Å². The summed E-state index contributed by atoms with van der Waals surface area (Å²) in [6, 6.07) is 7.00. The molecule has 0 aromatic heterocycles. The van der Waals surface area contributed by atoms with Crippen LogP contribution in [-0.4, -0.2) is 13.7 Å². The van der Waals surface area contributed by atoms with E-state index >= 15 is 0 Å². The maximum atomic E-state index is 5.31. The molecule has 1 unspecified atom stereocenters. The molecule has 0 heterocycles. The van der Waals surface area contributed by atoms with Crippen molar-refractivity contribution in [2.45, 2.75) is 52.0 Å². The first-order valence-corrected chi connectivity index (χ1v) is 7.64. The van der Waals surface area contributed by atoms with Gasteiger partial charge in [-0.2, -0.15) is 0 Å². The van der Waals surface area contributed by atoms with Crippen molar-refractivity contribution < 1.29 is 4.74 Å². The molecule has 0 amide bonds. The third-order valence-electron chi connectivity index (χ3n) is 4.36. The van der Waals surface area contributed by atoms with Gasteiger partial charge in [0.2, 0.25) is 0 Å². The van der Waals surface area contributed by atoms with Gasteiger partial charge in [-0.3, -0.25) is 0 Å². The van der Waals surface area contributed by atoms with Crippen LogP contribution in [0.4, 0.5) is 0 Å². The fourth-order valence-electron chi connectivity index (χ4n) is 3.34. The Morgan fingerprint density at radius 2 is 2.00 bits per heavy atom. The number of methoxy groups -OCH3 is 1. The maximum absolute atomic E-state index is 5.31. The minimum Gasteiger partial charge on any atom is -0.497 e. The van der Waals surface area contributed by atoms with Crippen molar-refractivity contribution in [3.63, 3.8) is 0 Å². The molecule has 1 aliphatic carbocycles. The molecule has 0 bridgehead atoms. The standard InChI is InChI=1S/C17H27NO/c1-4-18-17(14-8-6-5-7-9-14)16-11-10-15(19-3)12-13(16)2/h10-12,14,17-18H,4-9H2,1-3H3. The minimum atomic E-state index is 0.510. The van der Waals surface area contributed by atoms with Gasteiger partial charge in [0.05, 0.1) is 7.11 Å². The van der Waals surface area contributed by atoms with Gasteiger partial charge < -0.3 is 10.1 Å². The van der Waals surface area contributed by atoms with E-state index in [-0.39, 0.29) is 0 Å². The molecule has 2 heteroatoms. The van der Waals surface area contributed by atoms with Crippen LogP contribution in [0.2, 0.25) is 0 Å². The van der Waals surface area contributed by atoms with Crippen LogP contribution in [0.25, 0.3) is 0 Å². The number of ether oxygens (including phenoxy) is 1. The van der Waals surface area contributed by atoms with E-state index in [2.05, 4.69) is 37.4 Å². The minimum absolute atomic E-state index is 0.510. The highest BCUT2D eigenvalue weighted by atomic mass is 16.5. The van der Waals surface area contributed by atoms with Crippen molar-refractivity contribution in [1.82, 2.24) is 5.32 Å². The molecule has 19 heavy (non-hydrogen) atoms. The van der Waals surface area contributed by atoms with E-state index in [0.29, 0.717) is 6.04 Å². The average Bonchev–Trinajstić information content (AvgIpc) is 2.46. The summed E-state index contributed by atoms with van der Waals surface area (Å²) in [5.41, 5.74) is 2.80. The number of rotatable bonds is 5. The van der Waals surface area contributed by atoms with Gasteiger partial charge in [0.1, 0.15) is 5.75 Å². The molecule has 0 radical (unpaired) electrons. The zero-order chi connectivity index (χ0) is 13.7. The predicted molar refractivity (Wildman–Crippen MR) is 80.7 cm³/mol. The second-order valence-electron chi connectivity index (χ2n) is 5.66. The van der Waals surface area contributed by atoms with Gasteiger partial charge in [-0.15, -0.1) is 0 Å². The first-order valence-electron chi connectivity index (χ1n) is 7.64. The molecule has 1 saturated carbocycles. The van der Waals surface area contributed by atoms with Crippen molar-refractivity contribution in [1.29, 1.82) is 0 Å². The lowest BCUT2D eigenvalue weighted by Crippen LogP contribution is -2.30. The molecule has 106 valence electrons. The van der Waals surface area contributed by atoms with Gasteiger partial charge in [0.15, 0.2) is 0 Å². The highest BCUT2D eigenvalue weighted by Crippen LogP contribution is 2.36. The van der Waals surface area contributed by atoms with Gasteiger partial charge in [0.25, 0.3) is 0 Å². The van der Waals surface area contributed by atoms with Gasteiger partial charge in [-0.05, 0) is 55.5 Å². The second-order valence-corrected chi connectivity index (χ2v) is 5.66. The largest absolute Gasteiger partial charge is 0.497 e. The lowest BCUT2D eigenvalue weighted by molar-refractivity contribution is 0.273. The summed E-state index contributed by atoms with van der Waals surface area (Å²) in [5.74, 6) is 1.75. The molecule has 2 rings (SSSR count). The maximum Gasteiger partial charge on any atom is 0.119 e. The number of benzene rings is 1. The van der Waals surface area contributed by atoms with Crippen molar-refractivity contribution in [3.05, 3.63) is 29.3 Å². The second kappa shape index (κ2) is 6.95. The van der Waals surface area contributed by atoms with Crippen LogP contribution in [0.1, 0.15) is 56.2 Å². The number of hydrogen-bond acceptors (Lipinski definition) is 2. The van der Waals surface area contributed by atoms with Gasteiger partial charge in [-0.1, -0.05) is 32.3 Å². The Morgan fingerprint density at radius 1 is 1.26 bits per heavy atom. The van der Waals surface area contributed by atoms with E-state index in [0.717, 1.165) is 18.2 Å². The van der Waals surface area contributed by atoms with E-state index in [1.165, 1.54) is 43.2 Å². The van der Waals surface area contributed by atoms with E-state index in [4.69, 9.17) is 4.74 Å². The number of aryl methyl sites for hydroxylation is 1. The molecule has 1 aromatic carbocycles. The van der Waals surface area contributed by atoms with Crippen LogP contribution in [0.3, 0.4) is 0 Å². The molecule has 2 nitrogen and oxygen atoms in total. The number of nitrogens with one attached hydrogen (secondary N) is 1. The van der Waals surface area contributed by atoms with Crippen molar-refractivity contribution in [2.24, 2.45) is 5.92 Å². The fraction of sp³-hybridized carbons (Fsp3) is 0.647. The molecule has 1 fully saturated rings. The van der Waals surface area contributed by atoms with Crippen molar-refractivity contribution in [3.8, 4) is 5.75 Å². The Bertz CT molecular complexity index is 396. The molecular formula is C17H27NO. The lowest BCUT2D eigenvalue weighted by Gasteiger charge is -2.32. The van der Waals surface area contributed by atoms with Crippen molar-refractivity contribution in [2.75, 3.05) is 13.7 Å². The molecule has 0 saturated heterocycles. The average molecular weight is 261 g/mol. The molecule has 0 spiro atoms.